The van der Waals surface area contributed by atoms with E-state index >= 15 is 0 Å². The molecule has 2 N–H and O–H groups in total. The lowest BCUT2D eigenvalue weighted by molar-refractivity contribution is -0.0496. The zero-order chi connectivity index (χ0) is 20.8. The SMILES string of the molecule is CCNC(=NCC1CCN(S(=O)(=O)C(F)(F)F)CC1)NCCN(CC)C1CC1.I. The van der Waals surface area contributed by atoms with Gasteiger partial charge in [0, 0.05) is 45.3 Å². The van der Waals surface area contributed by atoms with Crippen molar-refractivity contribution >= 4 is 40.0 Å². The molecule has 2 aliphatic rings. The highest BCUT2D eigenvalue weighted by Gasteiger charge is 2.50. The lowest BCUT2D eigenvalue weighted by atomic mass is 9.98. The van der Waals surface area contributed by atoms with Crippen LogP contribution in [0.5, 0.6) is 0 Å². The molecule has 0 aromatic rings. The summed E-state index contributed by atoms with van der Waals surface area (Å²) in [7, 11) is -5.22. The minimum absolute atomic E-state index is 0. The van der Waals surface area contributed by atoms with Crippen molar-refractivity contribution in [2.45, 2.75) is 51.1 Å². The molecule has 0 atom stereocenters. The highest BCUT2D eigenvalue weighted by atomic mass is 127. The summed E-state index contributed by atoms with van der Waals surface area (Å²) in [6.45, 7) is 7.83. The molecule has 1 saturated carbocycles. The maximum absolute atomic E-state index is 12.6. The summed E-state index contributed by atoms with van der Waals surface area (Å²) >= 11 is 0. The van der Waals surface area contributed by atoms with E-state index in [1.807, 2.05) is 6.92 Å². The first-order valence-electron chi connectivity index (χ1n) is 10.0. The molecule has 0 aromatic carbocycles. The number of nitrogens with zero attached hydrogens (tertiary/aromatic N) is 3. The number of rotatable bonds is 9. The monoisotopic (exact) mass is 555 g/mol. The molecule has 1 heterocycles. The van der Waals surface area contributed by atoms with Gasteiger partial charge < -0.3 is 10.6 Å². The first kappa shape index (κ1) is 26.7. The number of hydrogen-bond acceptors (Lipinski definition) is 4. The van der Waals surface area contributed by atoms with Crippen LogP contribution in [0.1, 0.15) is 39.5 Å². The van der Waals surface area contributed by atoms with E-state index in [1.165, 1.54) is 12.8 Å². The first-order valence-corrected chi connectivity index (χ1v) is 11.5. The van der Waals surface area contributed by atoms with Gasteiger partial charge in [-0.15, -0.1) is 24.0 Å². The van der Waals surface area contributed by atoms with Crippen LogP contribution in [0.25, 0.3) is 0 Å². The van der Waals surface area contributed by atoms with Gasteiger partial charge in [-0.2, -0.15) is 17.5 Å². The molecule has 0 spiro atoms. The van der Waals surface area contributed by atoms with E-state index in [1.54, 1.807) is 0 Å². The quantitative estimate of drug-likeness (QED) is 0.259. The molecular weight excluding hydrogens is 522 g/mol. The molecule has 2 fully saturated rings. The molecule has 0 bridgehead atoms. The Bertz CT molecular complexity index is 621. The summed E-state index contributed by atoms with van der Waals surface area (Å²) in [4.78, 5) is 6.98. The normalized spacial score (nSPS) is 19.9. The molecule has 1 aliphatic carbocycles. The molecule has 172 valence electrons. The standard InChI is InChI=1S/C17H32F3N5O2S.HI/c1-3-21-16(22-9-12-24(4-2)15-5-6-15)23-13-14-7-10-25(11-8-14)28(26,27)17(18,19)20;/h14-15H,3-13H2,1-2H3,(H2,21,22,23);1H. The predicted octanol–water partition coefficient (Wildman–Crippen LogP) is 2.21. The lowest BCUT2D eigenvalue weighted by Gasteiger charge is -2.31. The van der Waals surface area contributed by atoms with Crippen LogP contribution in [0.3, 0.4) is 0 Å². The maximum atomic E-state index is 12.6. The maximum Gasteiger partial charge on any atom is 0.511 e. The highest BCUT2D eigenvalue weighted by molar-refractivity contribution is 14.0. The van der Waals surface area contributed by atoms with Crippen LogP contribution < -0.4 is 10.6 Å². The number of aliphatic imine (C=N–C) groups is 1. The summed E-state index contributed by atoms with van der Waals surface area (Å²) in [5.41, 5.74) is -5.23. The zero-order valence-electron chi connectivity index (χ0n) is 17.0. The molecule has 1 saturated heterocycles. The van der Waals surface area contributed by atoms with Crippen molar-refractivity contribution < 1.29 is 21.6 Å². The van der Waals surface area contributed by atoms with Crippen LogP contribution in [0.15, 0.2) is 4.99 Å². The largest absolute Gasteiger partial charge is 0.511 e. The van der Waals surface area contributed by atoms with E-state index in [0.717, 1.165) is 19.6 Å². The fourth-order valence-corrected chi connectivity index (χ4v) is 4.38. The third-order valence-electron chi connectivity index (χ3n) is 5.22. The van der Waals surface area contributed by atoms with Crippen molar-refractivity contribution in [3.63, 3.8) is 0 Å². The Morgan fingerprint density at radius 2 is 1.76 bits per heavy atom. The van der Waals surface area contributed by atoms with Crippen molar-refractivity contribution in [3.05, 3.63) is 0 Å². The van der Waals surface area contributed by atoms with Gasteiger partial charge in [0.15, 0.2) is 5.96 Å². The summed E-state index contributed by atoms with van der Waals surface area (Å²) in [5.74, 6) is 0.772. The fourth-order valence-electron chi connectivity index (χ4n) is 3.40. The zero-order valence-corrected chi connectivity index (χ0v) is 20.2. The second-order valence-corrected chi connectivity index (χ2v) is 9.23. The van der Waals surface area contributed by atoms with Gasteiger partial charge in [0.2, 0.25) is 0 Å². The molecule has 12 heteroatoms. The molecule has 0 radical (unpaired) electrons. The van der Waals surface area contributed by atoms with Gasteiger partial charge in [-0.05, 0) is 45.1 Å². The van der Waals surface area contributed by atoms with Crippen LogP contribution in [0.4, 0.5) is 13.2 Å². The fraction of sp³-hybridized carbons (Fsp3) is 0.941. The number of guanidine groups is 1. The van der Waals surface area contributed by atoms with E-state index in [0.29, 0.717) is 42.2 Å². The molecule has 7 nitrogen and oxygen atoms in total. The number of halogens is 4. The van der Waals surface area contributed by atoms with Crippen LogP contribution in [-0.4, -0.2) is 80.9 Å². The Balaban J connectivity index is 0.00000420. The van der Waals surface area contributed by atoms with Crippen molar-refractivity contribution in [3.8, 4) is 0 Å². The van der Waals surface area contributed by atoms with Gasteiger partial charge in [0.1, 0.15) is 0 Å². The molecule has 0 amide bonds. The minimum Gasteiger partial charge on any atom is -0.357 e. The van der Waals surface area contributed by atoms with Crippen LogP contribution in [0.2, 0.25) is 0 Å². The molecular formula is C17H33F3IN5O2S. The summed E-state index contributed by atoms with van der Waals surface area (Å²) < 4.78 is 61.4. The number of nitrogens with one attached hydrogen (secondary N) is 2. The molecule has 2 rings (SSSR count). The average Bonchev–Trinajstić information content (AvgIpc) is 3.47. The van der Waals surface area contributed by atoms with Crippen molar-refractivity contribution in [2.75, 3.05) is 45.8 Å². The number of hydrogen-bond donors (Lipinski definition) is 2. The second kappa shape index (κ2) is 11.9. The van der Waals surface area contributed by atoms with E-state index in [4.69, 9.17) is 0 Å². The van der Waals surface area contributed by atoms with Crippen molar-refractivity contribution in [2.24, 2.45) is 10.9 Å². The van der Waals surface area contributed by atoms with E-state index in [-0.39, 0.29) is 43.0 Å². The number of sulfonamides is 1. The highest BCUT2D eigenvalue weighted by Crippen LogP contribution is 2.30. The minimum atomic E-state index is -5.23. The van der Waals surface area contributed by atoms with Gasteiger partial charge in [-0.1, -0.05) is 6.92 Å². The average molecular weight is 555 g/mol. The van der Waals surface area contributed by atoms with Crippen molar-refractivity contribution in [1.82, 2.24) is 19.8 Å². The van der Waals surface area contributed by atoms with Gasteiger partial charge in [-0.3, -0.25) is 9.89 Å². The molecule has 0 unspecified atom stereocenters. The van der Waals surface area contributed by atoms with E-state index in [2.05, 4.69) is 27.4 Å². The van der Waals surface area contributed by atoms with Crippen LogP contribution in [0, 0.1) is 5.92 Å². The summed E-state index contributed by atoms with van der Waals surface area (Å²) in [5, 5.41) is 6.48. The summed E-state index contributed by atoms with van der Waals surface area (Å²) in [6.07, 6.45) is 3.29. The van der Waals surface area contributed by atoms with Gasteiger partial charge in [0.05, 0.1) is 0 Å². The van der Waals surface area contributed by atoms with Gasteiger partial charge in [-0.25, -0.2) is 8.42 Å². The number of piperidine rings is 1. The number of alkyl halides is 3. The molecule has 0 aromatic heterocycles. The smallest absolute Gasteiger partial charge is 0.357 e. The Labute approximate surface area is 188 Å². The third kappa shape index (κ3) is 8.02. The lowest BCUT2D eigenvalue weighted by Crippen LogP contribution is -2.45. The Morgan fingerprint density at radius 1 is 1.14 bits per heavy atom. The van der Waals surface area contributed by atoms with E-state index in [9.17, 15) is 21.6 Å². The van der Waals surface area contributed by atoms with Gasteiger partial charge >= 0.3 is 15.5 Å². The Hall–Kier alpha value is -0.340. The van der Waals surface area contributed by atoms with E-state index < -0.39 is 15.5 Å². The Kier molecular flexibility index (Phi) is 10.9. The second-order valence-electron chi connectivity index (χ2n) is 7.30. The number of likely N-dealkylation sites (N-methyl/N-ethyl adjacent to an activating group) is 1. The predicted molar refractivity (Wildman–Crippen MR) is 119 cm³/mol. The summed E-state index contributed by atoms with van der Waals surface area (Å²) in [6, 6.07) is 0.712. The van der Waals surface area contributed by atoms with Crippen LogP contribution >= 0.6 is 24.0 Å². The third-order valence-corrected chi connectivity index (χ3v) is 6.85. The van der Waals surface area contributed by atoms with Crippen LogP contribution in [-0.2, 0) is 10.0 Å². The Morgan fingerprint density at radius 3 is 2.24 bits per heavy atom. The first-order chi connectivity index (χ1) is 13.2. The topological polar surface area (TPSA) is 77.0 Å². The van der Waals surface area contributed by atoms with Gasteiger partial charge in [0.25, 0.3) is 0 Å². The molecule has 29 heavy (non-hydrogen) atoms. The molecule has 1 aliphatic heterocycles. The van der Waals surface area contributed by atoms with Crippen molar-refractivity contribution in [1.29, 1.82) is 0 Å².